The second-order valence-electron chi connectivity index (χ2n) is 3.80. The first-order chi connectivity index (χ1) is 8.42. The van der Waals surface area contributed by atoms with Crippen LogP contribution in [0.4, 0.5) is 18.9 Å². The van der Waals surface area contributed by atoms with Gasteiger partial charge in [-0.05, 0) is 24.6 Å². The zero-order valence-corrected chi connectivity index (χ0v) is 9.75. The van der Waals surface area contributed by atoms with Crippen LogP contribution in [-0.2, 0) is 6.18 Å². The highest BCUT2D eigenvalue weighted by Gasteiger charge is 2.33. The van der Waals surface area contributed by atoms with Gasteiger partial charge in [0.15, 0.2) is 0 Å². The predicted molar refractivity (Wildman–Crippen MR) is 60.9 cm³/mol. The average Bonchev–Trinajstić information content (AvgIpc) is 2.34. The minimum Gasteiger partial charge on any atom is -0.394 e. The van der Waals surface area contributed by atoms with Crippen molar-refractivity contribution in [1.29, 1.82) is 5.26 Å². The Bertz CT molecular complexity index is 448. The molecule has 1 aromatic rings. The number of rotatable bonds is 4. The molecule has 2 N–H and O–H groups in total. The van der Waals surface area contributed by atoms with Crippen molar-refractivity contribution in [1.82, 2.24) is 0 Å². The number of aliphatic hydroxyl groups is 1. The predicted octanol–water partition coefficient (Wildman–Crippen LogP) is 2.76. The van der Waals surface area contributed by atoms with E-state index in [1.165, 1.54) is 12.1 Å². The van der Waals surface area contributed by atoms with E-state index in [1.807, 2.05) is 6.92 Å². The summed E-state index contributed by atoms with van der Waals surface area (Å²) in [6.45, 7) is 1.71. The van der Waals surface area contributed by atoms with E-state index in [0.717, 1.165) is 12.1 Å². The summed E-state index contributed by atoms with van der Waals surface area (Å²) in [5, 5.41) is 20.6. The van der Waals surface area contributed by atoms with Crippen LogP contribution in [0.1, 0.15) is 24.5 Å². The van der Waals surface area contributed by atoms with Crippen LogP contribution >= 0.6 is 0 Å². The normalized spacial score (nSPS) is 12.9. The Balaban J connectivity index is 3.04. The first-order valence-corrected chi connectivity index (χ1v) is 5.41. The molecule has 6 heteroatoms. The van der Waals surface area contributed by atoms with Gasteiger partial charge in [0.2, 0.25) is 0 Å². The molecule has 0 aliphatic heterocycles. The highest BCUT2D eigenvalue weighted by molar-refractivity contribution is 5.54. The standard InChI is InChI=1S/C12H13F3N2O/c1-2-9(7-18)17-10-3-4-11(12(13,14)15)8(5-10)6-16/h3-5,9,17-18H,2,7H2,1H3. The molecule has 98 valence electrons. The summed E-state index contributed by atoms with van der Waals surface area (Å²) in [7, 11) is 0. The van der Waals surface area contributed by atoms with Crippen LogP contribution in [0.2, 0.25) is 0 Å². The van der Waals surface area contributed by atoms with E-state index in [2.05, 4.69) is 5.32 Å². The maximum absolute atomic E-state index is 12.6. The number of hydrogen-bond acceptors (Lipinski definition) is 3. The van der Waals surface area contributed by atoms with Crippen LogP contribution < -0.4 is 5.32 Å². The van der Waals surface area contributed by atoms with E-state index in [0.29, 0.717) is 12.1 Å². The van der Waals surface area contributed by atoms with Gasteiger partial charge in [-0.2, -0.15) is 18.4 Å². The number of nitriles is 1. The molecule has 0 saturated heterocycles. The summed E-state index contributed by atoms with van der Waals surface area (Å²) in [5.41, 5.74) is -0.992. The van der Waals surface area contributed by atoms with Gasteiger partial charge in [0, 0.05) is 11.7 Å². The number of halogens is 3. The SMILES string of the molecule is CCC(CO)Nc1ccc(C(F)(F)F)c(C#N)c1. The van der Waals surface area contributed by atoms with Crippen molar-refractivity contribution in [2.24, 2.45) is 0 Å². The zero-order valence-electron chi connectivity index (χ0n) is 9.75. The molecule has 0 aliphatic carbocycles. The van der Waals surface area contributed by atoms with Gasteiger partial charge in [-0.15, -0.1) is 0 Å². The molecule has 0 bridgehead atoms. The number of aliphatic hydroxyl groups excluding tert-OH is 1. The van der Waals surface area contributed by atoms with Crippen LogP contribution in [0, 0.1) is 11.3 Å². The van der Waals surface area contributed by atoms with Crippen LogP contribution in [0.3, 0.4) is 0 Å². The van der Waals surface area contributed by atoms with E-state index in [9.17, 15) is 13.2 Å². The zero-order chi connectivity index (χ0) is 13.8. The molecule has 0 fully saturated rings. The number of benzene rings is 1. The molecule has 0 saturated carbocycles. The third-order valence-corrected chi connectivity index (χ3v) is 2.53. The molecule has 1 aromatic carbocycles. The summed E-state index contributed by atoms with van der Waals surface area (Å²) in [4.78, 5) is 0. The van der Waals surface area contributed by atoms with Crippen LogP contribution in [0.25, 0.3) is 0 Å². The van der Waals surface area contributed by atoms with Gasteiger partial charge in [0.25, 0.3) is 0 Å². The Kier molecular flexibility index (Phi) is 4.56. The number of hydrogen-bond donors (Lipinski definition) is 2. The van der Waals surface area contributed by atoms with E-state index >= 15 is 0 Å². The molecular formula is C12H13F3N2O. The molecule has 3 nitrogen and oxygen atoms in total. The van der Waals surface area contributed by atoms with Crippen molar-refractivity contribution >= 4 is 5.69 Å². The van der Waals surface area contributed by atoms with Gasteiger partial charge >= 0.3 is 6.18 Å². The maximum atomic E-state index is 12.6. The van der Waals surface area contributed by atoms with Gasteiger partial charge in [0.05, 0.1) is 23.8 Å². The molecule has 0 radical (unpaired) electrons. The van der Waals surface area contributed by atoms with Crippen molar-refractivity contribution < 1.29 is 18.3 Å². The van der Waals surface area contributed by atoms with Gasteiger partial charge in [-0.3, -0.25) is 0 Å². The molecule has 0 amide bonds. The van der Waals surface area contributed by atoms with Crippen LogP contribution in [0.5, 0.6) is 0 Å². The molecule has 1 atom stereocenters. The second-order valence-corrected chi connectivity index (χ2v) is 3.80. The smallest absolute Gasteiger partial charge is 0.394 e. The summed E-state index contributed by atoms with van der Waals surface area (Å²) in [5.74, 6) is 0. The highest BCUT2D eigenvalue weighted by atomic mass is 19.4. The Hall–Kier alpha value is -1.74. The van der Waals surface area contributed by atoms with Crippen LogP contribution in [-0.4, -0.2) is 17.8 Å². The van der Waals surface area contributed by atoms with Gasteiger partial charge < -0.3 is 10.4 Å². The lowest BCUT2D eigenvalue weighted by Crippen LogP contribution is -2.22. The summed E-state index contributed by atoms with van der Waals surface area (Å²) < 4.78 is 37.7. The quantitative estimate of drug-likeness (QED) is 0.873. The largest absolute Gasteiger partial charge is 0.417 e. The van der Waals surface area contributed by atoms with Crippen molar-refractivity contribution in [3.8, 4) is 6.07 Å². The average molecular weight is 258 g/mol. The lowest BCUT2D eigenvalue weighted by atomic mass is 10.1. The lowest BCUT2D eigenvalue weighted by Gasteiger charge is -2.17. The Morgan fingerprint density at radius 3 is 2.56 bits per heavy atom. The number of alkyl halides is 3. The molecular weight excluding hydrogens is 245 g/mol. The minimum atomic E-state index is -4.54. The third kappa shape index (κ3) is 3.37. The van der Waals surface area contributed by atoms with Gasteiger partial charge in [-0.25, -0.2) is 0 Å². The number of anilines is 1. The van der Waals surface area contributed by atoms with E-state index in [4.69, 9.17) is 10.4 Å². The summed E-state index contributed by atoms with van der Waals surface area (Å²) in [6.07, 6.45) is -3.91. The third-order valence-electron chi connectivity index (χ3n) is 2.53. The fourth-order valence-electron chi connectivity index (χ4n) is 1.49. The number of nitrogens with one attached hydrogen (secondary N) is 1. The first-order valence-electron chi connectivity index (χ1n) is 5.41. The summed E-state index contributed by atoms with van der Waals surface area (Å²) in [6, 6.07) is 4.54. The van der Waals surface area contributed by atoms with E-state index in [-0.39, 0.29) is 12.6 Å². The molecule has 0 spiro atoms. The molecule has 0 aromatic heterocycles. The monoisotopic (exact) mass is 258 g/mol. The Morgan fingerprint density at radius 1 is 1.44 bits per heavy atom. The molecule has 1 rings (SSSR count). The van der Waals surface area contributed by atoms with Crippen molar-refractivity contribution in [3.05, 3.63) is 29.3 Å². The van der Waals surface area contributed by atoms with E-state index in [1.54, 1.807) is 0 Å². The summed E-state index contributed by atoms with van der Waals surface area (Å²) >= 11 is 0. The van der Waals surface area contributed by atoms with Crippen molar-refractivity contribution in [2.45, 2.75) is 25.6 Å². The molecule has 1 unspecified atom stereocenters. The number of nitrogens with zero attached hydrogens (tertiary/aromatic N) is 1. The Morgan fingerprint density at radius 2 is 2.11 bits per heavy atom. The first kappa shape index (κ1) is 14.3. The second kappa shape index (κ2) is 5.74. The van der Waals surface area contributed by atoms with Crippen molar-refractivity contribution in [3.63, 3.8) is 0 Å². The highest BCUT2D eigenvalue weighted by Crippen LogP contribution is 2.33. The van der Waals surface area contributed by atoms with E-state index < -0.39 is 17.3 Å². The van der Waals surface area contributed by atoms with Gasteiger partial charge in [0.1, 0.15) is 0 Å². The minimum absolute atomic E-state index is 0.126. The fourth-order valence-corrected chi connectivity index (χ4v) is 1.49. The Labute approximate surface area is 103 Å². The molecule has 18 heavy (non-hydrogen) atoms. The fraction of sp³-hybridized carbons (Fsp3) is 0.417. The molecule has 0 aliphatic rings. The maximum Gasteiger partial charge on any atom is 0.417 e. The molecule has 0 heterocycles. The van der Waals surface area contributed by atoms with Crippen molar-refractivity contribution in [2.75, 3.05) is 11.9 Å². The topological polar surface area (TPSA) is 56.0 Å². The van der Waals surface area contributed by atoms with Gasteiger partial charge in [-0.1, -0.05) is 6.92 Å². The lowest BCUT2D eigenvalue weighted by molar-refractivity contribution is -0.137. The van der Waals surface area contributed by atoms with Crippen LogP contribution in [0.15, 0.2) is 18.2 Å².